The Morgan fingerprint density at radius 3 is 2.00 bits per heavy atom. The standard InChI is InChI=1S/C7H9NS/c1-5-3-8-4-6(2)7(5)9/h3-4H,1-2H3,(H,8,9). The summed E-state index contributed by atoms with van der Waals surface area (Å²) in [6.45, 7) is 4.00. The van der Waals surface area contributed by atoms with Crippen LogP contribution in [0.4, 0.5) is 0 Å². The van der Waals surface area contributed by atoms with Gasteiger partial charge in [-0.05, 0) is 25.0 Å². The van der Waals surface area contributed by atoms with E-state index in [1.807, 2.05) is 26.2 Å². The summed E-state index contributed by atoms with van der Waals surface area (Å²) in [6, 6.07) is 0. The Balaban J connectivity index is 3.25. The molecule has 1 aromatic rings. The van der Waals surface area contributed by atoms with Crippen molar-refractivity contribution in [3.8, 4) is 0 Å². The summed E-state index contributed by atoms with van der Waals surface area (Å²) < 4.78 is 0. The minimum Gasteiger partial charge on any atom is -0.264 e. The molecule has 0 spiro atoms. The fourth-order valence-corrected chi connectivity index (χ4v) is 0.810. The summed E-state index contributed by atoms with van der Waals surface area (Å²) >= 11 is 4.27. The first-order valence-corrected chi connectivity index (χ1v) is 3.26. The lowest BCUT2D eigenvalue weighted by Crippen LogP contribution is -1.82. The fraction of sp³-hybridized carbons (Fsp3) is 0.286. The molecular formula is C7H9NS. The van der Waals surface area contributed by atoms with E-state index in [0.717, 1.165) is 16.0 Å². The lowest BCUT2D eigenvalue weighted by atomic mass is 10.2. The van der Waals surface area contributed by atoms with Crippen molar-refractivity contribution in [2.24, 2.45) is 0 Å². The molecule has 0 fully saturated rings. The van der Waals surface area contributed by atoms with Gasteiger partial charge >= 0.3 is 0 Å². The summed E-state index contributed by atoms with van der Waals surface area (Å²) in [5, 5.41) is 0. The highest BCUT2D eigenvalue weighted by Gasteiger charge is 1.94. The molecule has 0 amide bonds. The van der Waals surface area contributed by atoms with Gasteiger partial charge in [-0.25, -0.2) is 0 Å². The number of aromatic nitrogens is 1. The molecule has 0 aromatic carbocycles. The van der Waals surface area contributed by atoms with Crippen LogP contribution in [0.1, 0.15) is 11.1 Å². The number of rotatable bonds is 0. The van der Waals surface area contributed by atoms with Crippen LogP contribution in [0.25, 0.3) is 0 Å². The number of thiol groups is 1. The van der Waals surface area contributed by atoms with Gasteiger partial charge in [0.25, 0.3) is 0 Å². The maximum atomic E-state index is 4.27. The molecule has 0 bridgehead atoms. The predicted octanol–water partition coefficient (Wildman–Crippen LogP) is 1.99. The second kappa shape index (κ2) is 2.40. The zero-order valence-electron chi connectivity index (χ0n) is 5.55. The topological polar surface area (TPSA) is 12.9 Å². The molecule has 1 aromatic heterocycles. The molecule has 0 radical (unpaired) electrons. The Morgan fingerprint density at radius 1 is 1.22 bits per heavy atom. The largest absolute Gasteiger partial charge is 0.264 e. The van der Waals surface area contributed by atoms with Crippen LogP contribution in [0.15, 0.2) is 17.3 Å². The van der Waals surface area contributed by atoms with Crippen molar-refractivity contribution in [2.75, 3.05) is 0 Å². The van der Waals surface area contributed by atoms with Crippen molar-refractivity contribution in [1.29, 1.82) is 0 Å². The molecule has 0 atom stereocenters. The van der Waals surface area contributed by atoms with Crippen LogP contribution in [-0.2, 0) is 0 Å². The first-order valence-electron chi connectivity index (χ1n) is 2.82. The molecule has 1 nitrogen and oxygen atoms in total. The van der Waals surface area contributed by atoms with Gasteiger partial charge in [0.05, 0.1) is 0 Å². The zero-order valence-corrected chi connectivity index (χ0v) is 6.44. The minimum atomic E-state index is 1.05. The van der Waals surface area contributed by atoms with Gasteiger partial charge in [0.1, 0.15) is 0 Å². The van der Waals surface area contributed by atoms with Gasteiger partial charge in [0, 0.05) is 17.3 Å². The van der Waals surface area contributed by atoms with Crippen LogP contribution in [0.3, 0.4) is 0 Å². The molecule has 0 aliphatic rings. The summed E-state index contributed by atoms with van der Waals surface area (Å²) in [4.78, 5) is 5.04. The van der Waals surface area contributed by atoms with Crippen molar-refractivity contribution < 1.29 is 0 Å². The molecule has 1 rings (SSSR count). The average molecular weight is 139 g/mol. The normalized spacial score (nSPS) is 9.67. The van der Waals surface area contributed by atoms with Crippen molar-refractivity contribution in [3.05, 3.63) is 23.5 Å². The van der Waals surface area contributed by atoms with Crippen LogP contribution in [0.2, 0.25) is 0 Å². The quantitative estimate of drug-likeness (QED) is 0.542. The van der Waals surface area contributed by atoms with Gasteiger partial charge in [-0.3, -0.25) is 4.98 Å². The van der Waals surface area contributed by atoms with Crippen LogP contribution < -0.4 is 0 Å². The van der Waals surface area contributed by atoms with Gasteiger partial charge in [-0.2, -0.15) is 0 Å². The van der Waals surface area contributed by atoms with E-state index >= 15 is 0 Å². The fourth-order valence-electron chi connectivity index (χ4n) is 0.694. The summed E-state index contributed by atoms with van der Waals surface area (Å²) in [6.07, 6.45) is 3.63. The summed E-state index contributed by atoms with van der Waals surface area (Å²) in [7, 11) is 0. The maximum absolute atomic E-state index is 4.27. The monoisotopic (exact) mass is 139 g/mol. The average Bonchev–Trinajstić information content (AvgIpc) is 1.83. The molecular weight excluding hydrogens is 130 g/mol. The molecule has 0 unspecified atom stereocenters. The van der Waals surface area contributed by atoms with E-state index in [1.54, 1.807) is 0 Å². The highest BCUT2D eigenvalue weighted by molar-refractivity contribution is 7.80. The Labute approximate surface area is 60.5 Å². The lowest BCUT2D eigenvalue weighted by Gasteiger charge is -1.98. The molecule has 9 heavy (non-hydrogen) atoms. The molecule has 0 saturated heterocycles. The Kier molecular flexibility index (Phi) is 1.76. The molecule has 0 aliphatic carbocycles. The molecule has 48 valence electrons. The maximum Gasteiger partial charge on any atom is 0.0308 e. The Morgan fingerprint density at radius 2 is 1.67 bits per heavy atom. The number of pyridine rings is 1. The van der Waals surface area contributed by atoms with Gasteiger partial charge in [0.2, 0.25) is 0 Å². The Bertz CT molecular complexity index is 200. The third-order valence-electron chi connectivity index (χ3n) is 1.28. The molecule has 0 aliphatic heterocycles. The lowest BCUT2D eigenvalue weighted by molar-refractivity contribution is 1.13. The second-order valence-electron chi connectivity index (χ2n) is 2.12. The van der Waals surface area contributed by atoms with Crippen LogP contribution in [-0.4, -0.2) is 4.98 Å². The highest BCUT2D eigenvalue weighted by atomic mass is 32.1. The smallest absolute Gasteiger partial charge is 0.0308 e. The Hall–Kier alpha value is -0.500. The number of aryl methyl sites for hydroxylation is 2. The van der Waals surface area contributed by atoms with E-state index in [-0.39, 0.29) is 0 Å². The first-order chi connectivity index (χ1) is 4.22. The van der Waals surface area contributed by atoms with Crippen molar-refractivity contribution in [3.63, 3.8) is 0 Å². The van der Waals surface area contributed by atoms with E-state index < -0.39 is 0 Å². The SMILES string of the molecule is Cc1cncc(C)c1S. The molecule has 2 heteroatoms. The van der Waals surface area contributed by atoms with Crippen molar-refractivity contribution in [2.45, 2.75) is 18.7 Å². The van der Waals surface area contributed by atoms with E-state index in [1.165, 1.54) is 0 Å². The number of hydrogen-bond acceptors (Lipinski definition) is 2. The highest BCUT2D eigenvalue weighted by Crippen LogP contribution is 2.14. The zero-order chi connectivity index (χ0) is 6.85. The van der Waals surface area contributed by atoms with Gasteiger partial charge in [-0.15, -0.1) is 12.6 Å². The number of hydrogen-bond donors (Lipinski definition) is 1. The molecule has 1 heterocycles. The second-order valence-corrected chi connectivity index (χ2v) is 2.57. The van der Waals surface area contributed by atoms with E-state index in [0.29, 0.717) is 0 Å². The third-order valence-corrected chi connectivity index (χ3v) is 1.99. The molecule has 0 saturated carbocycles. The summed E-state index contributed by atoms with van der Waals surface area (Å²) in [5.74, 6) is 0. The predicted molar refractivity (Wildman–Crippen MR) is 41.0 cm³/mol. The van der Waals surface area contributed by atoms with Gasteiger partial charge < -0.3 is 0 Å². The van der Waals surface area contributed by atoms with E-state index in [4.69, 9.17) is 0 Å². The first kappa shape index (κ1) is 6.62. The van der Waals surface area contributed by atoms with E-state index in [9.17, 15) is 0 Å². The van der Waals surface area contributed by atoms with Crippen LogP contribution in [0, 0.1) is 13.8 Å². The van der Waals surface area contributed by atoms with Gasteiger partial charge in [-0.1, -0.05) is 0 Å². The summed E-state index contributed by atoms with van der Waals surface area (Å²) in [5.41, 5.74) is 2.27. The minimum absolute atomic E-state index is 1.05. The van der Waals surface area contributed by atoms with Crippen LogP contribution in [0.5, 0.6) is 0 Å². The van der Waals surface area contributed by atoms with Crippen molar-refractivity contribution >= 4 is 12.6 Å². The van der Waals surface area contributed by atoms with Gasteiger partial charge in [0.15, 0.2) is 0 Å². The van der Waals surface area contributed by atoms with E-state index in [2.05, 4.69) is 17.6 Å². The van der Waals surface area contributed by atoms with Crippen molar-refractivity contribution in [1.82, 2.24) is 4.98 Å². The molecule has 0 N–H and O–H groups in total. The number of nitrogens with zero attached hydrogens (tertiary/aromatic N) is 1. The third kappa shape index (κ3) is 1.24. The van der Waals surface area contributed by atoms with Crippen LogP contribution >= 0.6 is 12.6 Å².